The van der Waals surface area contributed by atoms with E-state index in [1.807, 2.05) is 42.5 Å². The predicted octanol–water partition coefficient (Wildman–Crippen LogP) is 3.56. The van der Waals surface area contributed by atoms with Crippen LogP contribution in [0.4, 0.5) is 11.5 Å². The molecule has 1 aromatic heterocycles. The Bertz CT molecular complexity index is 1060. The number of hydrogen-bond acceptors (Lipinski definition) is 6. The maximum atomic E-state index is 12.5. The number of hydrogen-bond donors (Lipinski definition) is 2. The molecular weight excluding hydrogens is 412 g/mol. The molecule has 0 aliphatic carbocycles. The number of benzene rings is 2. The minimum absolute atomic E-state index is 0.0440. The first-order valence-electron chi connectivity index (χ1n) is 11.6. The van der Waals surface area contributed by atoms with Gasteiger partial charge in [0.05, 0.1) is 5.69 Å². The molecule has 0 radical (unpaired) electrons. The lowest BCUT2D eigenvalue weighted by Crippen LogP contribution is -2.48. The molecule has 0 unspecified atom stereocenters. The Morgan fingerprint density at radius 1 is 0.970 bits per heavy atom. The van der Waals surface area contributed by atoms with Crippen LogP contribution in [0.1, 0.15) is 22.8 Å². The minimum atomic E-state index is -0.0440. The fourth-order valence-electron chi connectivity index (χ4n) is 4.00. The molecule has 2 heterocycles. The topological polar surface area (TPSA) is 73.4 Å². The highest BCUT2D eigenvalue weighted by molar-refractivity contribution is 5.94. The summed E-state index contributed by atoms with van der Waals surface area (Å²) in [6.07, 6.45) is 1.56. The number of nitrogens with one attached hydrogen (secondary N) is 2. The summed E-state index contributed by atoms with van der Waals surface area (Å²) in [6, 6.07) is 17.6. The monoisotopic (exact) mass is 444 g/mol. The molecule has 1 saturated heterocycles. The molecule has 172 valence electrons. The third-order valence-corrected chi connectivity index (χ3v) is 6.03. The van der Waals surface area contributed by atoms with Crippen molar-refractivity contribution < 1.29 is 4.79 Å². The zero-order valence-corrected chi connectivity index (χ0v) is 19.4. The number of aryl methyl sites for hydroxylation is 1. The van der Waals surface area contributed by atoms with E-state index in [0.717, 1.165) is 56.2 Å². The zero-order valence-electron chi connectivity index (χ0n) is 19.4. The maximum Gasteiger partial charge on any atom is 0.251 e. The Morgan fingerprint density at radius 3 is 2.45 bits per heavy atom. The molecule has 0 spiro atoms. The van der Waals surface area contributed by atoms with Gasteiger partial charge in [-0.15, -0.1) is 0 Å². The van der Waals surface area contributed by atoms with Gasteiger partial charge in [0.1, 0.15) is 12.1 Å². The molecule has 4 rings (SSSR count). The normalized spacial score (nSPS) is 14.7. The molecule has 1 aliphatic heterocycles. The Hall–Kier alpha value is -3.29. The van der Waals surface area contributed by atoms with Crippen LogP contribution in [0.3, 0.4) is 0 Å². The standard InChI is InChI=1S/C26H32N6O/c1-3-31-13-15-32(16-14-31)12-11-27-26(33)21-7-9-23(10-8-21)30-25-18-24(28-19-29-25)22-6-4-5-20(2)17-22/h4-10,17-19H,3,11-16H2,1-2H3,(H,27,33)(H,28,29,30). The fraction of sp³-hybridized carbons (Fsp3) is 0.346. The molecule has 7 nitrogen and oxygen atoms in total. The van der Waals surface area contributed by atoms with Crippen LogP contribution >= 0.6 is 0 Å². The number of nitrogens with zero attached hydrogens (tertiary/aromatic N) is 4. The Labute approximate surface area is 195 Å². The average Bonchev–Trinajstić information content (AvgIpc) is 2.85. The van der Waals surface area contributed by atoms with Crippen LogP contribution < -0.4 is 10.6 Å². The van der Waals surface area contributed by atoms with E-state index in [9.17, 15) is 4.79 Å². The quantitative estimate of drug-likeness (QED) is 0.554. The number of amides is 1. The molecule has 1 aliphatic rings. The average molecular weight is 445 g/mol. The molecule has 3 aromatic rings. The van der Waals surface area contributed by atoms with Crippen LogP contribution in [0.2, 0.25) is 0 Å². The van der Waals surface area contributed by atoms with E-state index in [1.54, 1.807) is 6.33 Å². The van der Waals surface area contributed by atoms with E-state index < -0.39 is 0 Å². The Balaban J connectivity index is 1.28. The van der Waals surface area contributed by atoms with Gasteiger partial charge in [0.25, 0.3) is 5.91 Å². The van der Waals surface area contributed by atoms with Crippen LogP contribution in [-0.4, -0.2) is 71.5 Å². The number of aromatic nitrogens is 2. The summed E-state index contributed by atoms with van der Waals surface area (Å²) >= 11 is 0. The predicted molar refractivity (Wildman–Crippen MR) is 133 cm³/mol. The zero-order chi connectivity index (χ0) is 23.0. The number of anilines is 2. The largest absolute Gasteiger partial charge is 0.351 e. The Kier molecular flexibility index (Phi) is 7.65. The molecule has 1 fully saturated rings. The van der Waals surface area contributed by atoms with E-state index >= 15 is 0 Å². The molecule has 0 saturated carbocycles. The maximum absolute atomic E-state index is 12.5. The van der Waals surface area contributed by atoms with E-state index in [1.165, 1.54) is 5.56 Å². The van der Waals surface area contributed by atoms with Gasteiger partial charge >= 0.3 is 0 Å². The molecule has 2 N–H and O–H groups in total. The van der Waals surface area contributed by atoms with Gasteiger partial charge < -0.3 is 15.5 Å². The van der Waals surface area contributed by atoms with Crippen LogP contribution in [0.5, 0.6) is 0 Å². The van der Waals surface area contributed by atoms with Crippen molar-refractivity contribution in [2.75, 3.05) is 51.1 Å². The van der Waals surface area contributed by atoms with Crippen molar-refractivity contribution in [1.29, 1.82) is 0 Å². The van der Waals surface area contributed by atoms with Gasteiger partial charge in [0.2, 0.25) is 0 Å². The summed E-state index contributed by atoms with van der Waals surface area (Å²) in [4.78, 5) is 26.1. The first-order valence-corrected chi connectivity index (χ1v) is 11.6. The van der Waals surface area contributed by atoms with Crippen LogP contribution in [0.25, 0.3) is 11.3 Å². The summed E-state index contributed by atoms with van der Waals surface area (Å²) in [5.41, 5.74) is 4.63. The van der Waals surface area contributed by atoms with Gasteiger partial charge in [0, 0.05) is 62.1 Å². The summed E-state index contributed by atoms with van der Waals surface area (Å²) in [5.74, 6) is 0.666. The van der Waals surface area contributed by atoms with Gasteiger partial charge in [0.15, 0.2) is 0 Å². The number of likely N-dealkylation sites (N-methyl/N-ethyl adjacent to an activating group) is 1. The summed E-state index contributed by atoms with van der Waals surface area (Å²) < 4.78 is 0. The van der Waals surface area contributed by atoms with Gasteiger partial charge in [-0.1, -0.05) is 30.7 Å². The lowest BCUT2D eigenvalue weighted by molar-refractivity contribution is 0.0938. The number of rotatable bonds is 8. The third-order valence-electron chi connectivity index (χ3n) is 6.03. The van der Waals surface area contributed by atoms with Crippen LogP contribution in [0, 0.1) is 6.92 Å². The van der Waals surface area contributed by atoms with Crippen LogP contribution in [0.15, 0.2) is 60.9 Å². The second-order valence-corrected chi connectivity index (χ2v) is 8.39. The number of carbonyl (C=O) groups excluding carboxylic acids is 1. The van der Waals surface area contributed by atoms with Crippen molar-refractivity contribution in [2.45, 2.75) is 13.8 Å². The molecular formula is C26H32N6O. The highest BCUT2D eigenvalue weighted by Crippen LogP contribution is 2.22. The molecule has 33 heavy (non-hydrogen) atoms. The lowest BCUT2D eigenvalue weighted by atomic mass is 10.1. The summed E-state index contributed by atoms with van der Waals surface area (Å²) in [6.45, 7) is 11.3. The first kappa shape index (κ1) is 22.9. The highest BCUT2D eigenvalue weighted by Gasteiger charge is 2.15. The van der Waals surface area contributed by atoms with Gasteiger partial charge in [-0.3, -0.25) is 9.69 Å². The Morgan fingerprint density at radius 2 is 1.73 bits per heavy atom. The van der Waals surface area contributed by atoms with Crippen molar-refractivity contribution >= 4 is 17.4 Å². The molecule has 1 amide bonds. The van der Waals surface area contributed by atoms with Crippen LogP contribution in [-0.2, 0) is 0 Å². The van der Waals surface area contributed by atoms with E-state index in [-0.39, 0.29) is 5.91 Å². The van der Waals surface area contributed by atoms with E-state index in [4.69, 9.17) is 0 Å². The van der Waals surface area contributed by atoms with Gasteiger partial charge in [-0.25, -0.2) is 9.97 Å². The third kappa shape index (κ3) is 6.37. The van der Waals surface area contributed by atoms with Crippen molar-refractivity contribution in [3.63, 3.8) is 0 Å². The van der Waals surface area contributed by atoms with Crippen molar-refractivity contribution in [2.24, 2.45) is 0 Å². The lowest BCUT2D eigenvalue weighted by Gasteiger charge is -2.33. The molecule has 2 aromatic carbocycles. The number of piperazine rings is 1. The van der Waals surface area contributed by atoms with E-state index in [0.29, 0.717) is 17.9 Å². The second-order valence-electron chi connectivity index (χ2n) is 8.39. The summed E-state index contributed by atoms with van der Waals surface area (Å²) in [5, 5.41) is 6.33. The summed E-state index contributed by atoms with van der Waals surface area (Å²) in [7, 11) is 0. The SMILES string of the molecule is CCN1CCN(CCNC(=O)c2ccc(Nc3cc(-c4cccc(C)c4)ncn3)cc2)CC1. The number of carbonyl (C=O) groups is 1. The highest BCUT2D eigenvalue weighted by atomic mass is 16.1. The van der Waals surface area contributed by atoms with Gasteiger partial charge in [-0.2, -0.15) is 0 Å². The van der Waals surface area contributed by atoms with Crippen molar-refractivity contribution in [1.82, 2.24) is 25.1 Å². The fourth-order valence-corrected chi connectivity index (χ4v) is 4.00. The van der Waals surface area contributed by atoms with Crippen molar-refractivity contribution in [3.8, 4) is 11.3 Å². The first-order chi connectivity index (χ1) is 16.1. The molecule has 7 heteroatoms. The second kappa shape index (κ2) is 11.0. The molecule has 0 atom stereocenters. The smallest absolute Gasteiger partial charge is 0.251 e. The van der Waals surface area contributed by atoms with E-state index in [2.05, 4.69) is 56.4 Å². The molecule has 0 bridgehead atoms. The van der Waals surface area contributed by atoms with Crippen molar-refractivity contribution in [3.05, 3.63) is 72.1 Å². The van der Waals surface area contributed by atoms with Gasteiger partial charge in [-0.05, 0) is 43.8 Å². The minimum Gasteiger partial charge on any atom is -0.351 e.